The van der Waals surface area contributed by atoms with Crippen molar-refractivity contribution in [2.45, 2.75) is 36.7 Å². The zero-order chi connectivity index (χ0) is 23.2. The number of hydrogen-bond acceptors (Lipinski definition) is 6. The number of carbonyl (C=O) groups excluding carboxylic acids is 1. The Hall–Kier alpha value is -2.84. The molecule has 1 fully saturated rings. The summed E-state index contributed by atoms with van der Waals surface area (Å²) in [6.45, 7) is 4.30. The van der Waals surface area contributed by atoms with Crippen LogP contribution in [-0.4, -0.2) is 59.5 Å². The molecule has 1 amide bonds. The maximum atomic E-state index is 13.0. The number of carbonyl (C=O) groups is 1. The topological polar surface area (TPSA) is 69.5 Å². The highest BCUT2D eigenvalue weighted by Gasteiger charge is 2.23. The highest BCUT2D eigenvalue weighted by molar-refractivity contribution is 7.98. The molecule has 1 aromatic heterocycles. The molecule has 1 saturated heterocycles. The lowest BCUT2D eigenvalue weighted by molar-refractivity contribution is 0.0792. The van der Waals surface area contributed by atoms with Crippen LogP contribution in [0.4, 0.5) is 0 Å². The molecule has 0 bridgehead atoms. The number of ether oxygens (including phenoxy) is 2. The molecule has 0 unspecified atom stereocenters. The minimum atomic E-state index is 0.0372. The Morgan fingerprint density at radius 1 is 1.09 bits per heavy atom. The smallest absolute Gasteiger partial charge is 0.254 e. The van der Waals surface area contributed by atoms with Gasteiger partial charge in [0.1, 0.15) is 5.75 Å². The maximum absolute atomic E-state index is 13.0. The summed E-state index contributed by atoms with van der Waals surface area (Å²) < 4.78 is 12.9. The van der Waals surface area contributed by atoms with Gasteiger partial charge >= 0.3 is 0 Å². The predicted molar refractivity (Wildman–Crippen MR) is 130 cm³/mol. The van der Waals surface area contributed by atoms with Gasteiger partial charge in [0.2, 0.25) is 0 Å². The molecular formula is C25H30N4O3S. The van der Waals surface area contributed by atoms with Crippen LogP contribution in [0, 0.1) is 0 Å². The van der Waals surface area contributed by atoms with Crippen molar-refractivity contribution in [1.29, 1.82) is 0 Å². The number of benzene rings is 2. The van der Waals surface area contributed by atoms with Gasteiger partial charge in [-0.25, -0.2) is 0 Å². The van der Waals surface area contributed by atoms with Gasteiger partial charge in [-0.05, 0) is 43.5 Å². The van der Waals surface area contributed by atoms with Crippen LogP contribution < -0.4 is 4.74 Å². The molecule has 4 rings (SSSR count). The predicted octanol–water partition coefficient (Wildman–Crippen LogP) is 4.69. The van der Waals surface area contributed by atoms with Gasteiger partial charge in [0.15, 0.2) is 11.0 Å². The zero-order valence-electron chi connectivity index (χ0n) is 19.4. The number of likely N-dealkylation sites (tertiary alicyclic amines) is 1. The summed E-state index contributed by atoms with van der Waals surface area (Å²) in [5.41, 5.74) is 2.72. The molecule has 0 aliphatic carbocycles. The van der Waals surface area contributed by atoms with Crippen LogP contribution >= 0.6 is 11.8 Å². The average molecular weight is 467 g/mol. The van der Waals surface area contributed by atoms with Crippen molar-refractivity contribution >= 4 is 17.7 Å². The minimum Gasteiger partial charge on any atom is -0.497 e. The van der Waals surface area contributed by atoms with Crippen LogP contribution in [0.15, 0.2) is 53.7 Å². The number of amides is 1. The second-order valence-corrected chi connectivity index (χ2v) is 9.10. The molecule has 2 aromatic carbocycles. The van der Waals surface area contributed by atoms with Gasteiger partial charge in [0, 0.05) is 37.1 Å². The van der Waals surface area contributed by atoms with E-state index in [4.69, 9.17) is 9.47 Å². The molecule has 174 valence electrons. The fraction of sp³-hybridized carbons (Fsp3) is 0.400. The first kappa shape index (κ1) is 23.3. The van der Waals surface area contributed by atoms with E-state index in [2.05, 4.69) is 21.7 Å². The van der Waals surface area contributed by atoms with E-state index in [1.54, 1.807) is 26.0 Å². The first-order valence-corrected chi connectivity index (χ1v) is 12.2. The summed E-state index contributed by atoms with van der Waals surface area (Å²) in [4.78, 5) is 15.0. The third-order valence-corrected chi connectivity index (χ3v) is 6.83. The van der Waals surface area contributed by atoms with Gasteiger partial charge in [0.25, 0.3) is 5.91 Å². The highest BCUT2D eigenvalue weighted by atomic mass is 32.2. The van der Waals surface area contributed by atoms with Crippen molar-refractivity contribution in [1.82, 2.24) is 19.7 Å². The third kappa shape index (κ3) is 5.23. The van der Waals surface area contributed by atoms with E-state index >= 15 is 0 Å². The Morgan fingerprint density at radius 3 is 2.64 bits per heavy atom. The lowest BCUT2D eigenvalue weighted by atomic mass is 10.1. The van der Waals surface area contributed by atoms with Crippen LogP contribution in [0.5, 0.6) is 5.75 Å². The molecular weight excluding hydrogens is 436 g/mol. The first-order chi connectivity index (χ1) is 16.1. The summed E-state index contributed by atoms with van der Waals surface area (Å²) in [7, 11) is 3.35. The summed E-state index contributed by atoms with van der Waals surface area (Å²) in [5, 5.41) is 9.80. The van der Waals surface area contributed by atoms with Crippen LogP contribution in [-0.2, 0) is 10.5 Å². The number of nitrogens with zero attached hydrogens (tertiary/aromatic N) is 4. The fourth-order valence-electron chi connectivity index (χ4n) is 4.14. The van der Waals surface area contributed by atoms with E-state index in [9.17, 15) is 4.79 Å². The zero-order valence-corrected chi connectivity index (χ0v) is 20.2. The molecule has 7 nitrogen and oxygen atoms in total. The maximum Gasteiger partial charge on any atom is 0.254 e. The van der Waals surface area contributed by atoms with Crippen LogP contribution in [0.1, 0.15) is 41.7 Å². The quantitative estimate of drug-likeness (QED) is 0.426. The minimum absolute atomic E-state index is 0.0372. The third-order valence-electron chi connectivity index (χ3n) is 5.84. The molecule has 1 aliphatic heterocycles. The second kappa shape index (κ2) is 10.9. The molecule has 0 radical (unpaired) electrons. The second-order valence-electron chi connectivity index (χ2n) is 8.16. The van der Waals surface area contributed by atoms with E-state index in [1.807, 2.05) is 53.4 Å². The number of rotatable bonds is 9. The summed E-state index contributed by atoms with van der Waals surface area (Å²) in [6, 6.07) is 15.7. The van der Waals surface area contributed by atoms with Gasteiger partial charge in [-0.1, -0.05) is 42.1 Å². The summed E-state index contributed by atoms with van der Waals surface area (Å²) in [6.07, 6.45) is 2.16. The molecule has 33 heavy (non-hydrogen) atoms. The number of thioether (sulfide) groups is 1. The molecule has 0 N–H and O–H groups in total. The van der Waals surface area contributed by atoms with Crippen molar-refractivity contribution in [2.24, 2.45) is 0 Å². The van der Waals surface area contributed by atoms with Gasteiger partial charge in [-0.2, -0.15) is 0 Å². The Balaban J connectivity index is 1.61. The van der Waals surface area contributed by atoms with Crippen LogP contribution in [0.3, 0.4) is 0 Å². The van der Waals surface area contributed by atoms with E-state index in [1.165, 1.54) is 0 Å². The fourth-order valence-corrected chi connectivity index (χ4v) is 5.18. The highest BCUT2D eigenvalue weighted by Crippen LogP contribution is 2.32. The SMILES string of the molecule is COC[C@H](C)n1c(SCc2ccccc2C(=O)N2CCCC2)nnc1-c1cccc(OC)c1. The van der Waals surface area contributed by atoms with Crippen molar-refractivity contribution in [2.75, 3.05) is 33.9 Å². The van der Waals surface area contributed by atoms with Gasteiger partial charge in [0.05, 0.1) is 19.8 Å². The molecule has 1 atom stereocenters. The summed E-state index contributed by atoms with van der Waals surface area (Å²) >= 11 is 1.59. The number of hydrogen-bond donors (Lipinski definition) is 0. The van der Waals surface area contributed by atoms with E-state index in [-0.39, 0.29) is 11.9 Å². The lowest BCUT2D eigenvalue weighted by Gasteiger charge is -2.19. The first-order valence-electron chi connectivity index (χ1n) is 11.2. The molecule has 0 spiro atoms. The van der Waals surface area contributed by atoms with E-state index in [0.717, 1.165) is 59.4 Å². The Morgan fingerprint density at radius 2 is 1.88 bits per heavy atom. The number of aromatic nitrogens is 3. The van der Waals surface area contributed by atoms with Gasteiger partial charge in [-0.3, -0.25) is 9.36 Å². The largest absolute Gasteiger partial charge is 0.497 e. The normalized spacial score (nSPS) is 14.5. The Bertz CT molecular complexity index is 1090. The van der Waals surface area contributed by atoms with Crippen LogP contribution in [0.2, 0.25) is 0 Å². The van der Waals surface area contributed by atoms with Crippen molar-refractivity contribution < 1.29 is 14.3 Å². The average Bonchev–Trinajstić information content (AvgIpc) is 3.53. The van der Waals surface area contributed by atoms with Crippen molar-refractivity contribution in [3.8, 4) is 17.1 Å². The molecule has 1 aliphatic rings. The Kier molecular flexibility index (Phi) is 7.67. The molecule has 2 heterocycles. The molecule has 0 saturated carbocycles. The van der Waals surface area contributed by atoms with Gasteiger partial charge in [-0.15, -0.1) is 10.2 Å². The summed E-state index contributed by atoms with van der Waals surface area (Å²) in [5.74, 6) is 2.29. The van der Waals surface area contributed by atoms with Crippen molar-refractivity contribution in [3.63, 3.8) is 0 Å². The lowest BCUT2D eigenvalue weighted by Crippen LogP contribution is -2.28. The standard InChI is InChI=1S/C25H30N4O3S/c1-18(16-31-2)29-23(19-10-8-11-21(15-19)32-3)26-27-25(29)33-17-20-9-4-5-12-22(20)24(30)28-13-6-7-14-28/h4-5,8-12,15,18H,6-7,13-14,16-17H2,1-3H3/t18-/m0/s1. The monoisotopic (exact) mass is 466 g/mol. The van der Waals surface area contributed by atoms with E-state index in [0.29, 0.717) is 12.4 Å². The number of methoxy groups -OCH3 is 2. The molecule has 8 heteroatoms. The van der Waals surface area contributed by atoms with Gasteiger partial charge < -0.3 is 14.4 Å². The van der Waals surface area contributed by atoms with Crippen molar-refractivity contribution in [3.05, 3.63) is 59.7 Å². The van der Waals surface area contributed by atoms with Crippen LogP contribution in [0.25, 0.3) is 11.4 Å². The Labute approximate surface area is 199 Å². The molecule has 3 aromatic rings. The van der Waals surface area contributed by atoms with E-state index < -0.39 is 0 Å².